The summed E-state index contributed by atoms with van der Waals surface area (Å²) in [5.41, 5.74) is 2.45. The standard InChI is InChI=1S/C25H25BrN2O4/c1-31-15-16-32-23-12-11-19(17-21(23)26)24(29)28-22-10-6-5-9-20(22)25(30)27-14-13-18-7-3-2-4-8-18/h2-12,17H,13-16H2,1H3,(H,27,30)(H,28,29). The number of methoxy groups -OCH3 is 1. The van der Waals surface area contributed by atoms with Crippen LogP contribution in [-0.4, -0.2) is 38.7 Å². The average Bonchev–Trinajstić information content (AvgIpc) is 2.81. The summed E-state index contributed by atoms with van der Waals surface area (Å²) >= 11 is 3.43. The van der Waals surface area contributed by atoms with E-state index in [0.717, 1.165) is 12.0 Å². The Morgan fingerprint density at radius 3 is 2.41 bits per heavy atom. The Bertz CT molecular complexity index is 1060. The molecule has 0 spiro atoms. The molecule has 0 atom stereocenters. The number of carbonyl (C=O) groups excluding carboxylic acids is 2. The van der Waals surface area contributed by atoms with Gasteiger partial charge >= 0.3 is 0 Å². The molecule has 0 bridgehead atoms. The molecule has 2 amide bonds. The van der Waals surface area contributed by atoms with Gasteiger partial charge < -0.3 is 20.1 Å². The van der Waals surface area contributed by atoms with Crippen LogP contribution in [0.1, 0.15) is 26.3 Å². The van der Waals surface area contributed by atoms with Gasteiger partial charge in [-0.1, -0.05) is 42.5 Å². The third-order valence-electron chi connectivity index (χ3n) is 4.70. The predicted octanol–water partition coefficient (Wildman–Crippen LogP) is 4.70. The summed E-state index contributed by atoms with van der Waals surface area (Å²) in [4.78, 5) is 25.5. The maximum Gasteiger partial charge on any atom is 0.255 e. The monoisotopic (exact) mass is 496 g/mol. The Balaban J connectivity index is 1.63. The molecular formula is C25H25BrN2O4. The number of amides is 2. The van der Waals surface area contributed by atoms with E-state index >= 15 is 0 Å². The Morgan fingerprint density at radius 1 is 0.906 bits per heavy atom. The zero-order valence-electron chi connectivity index (χ0n) is 17.8. The molecule has 0 aliphatic rings. The van der Waals surface area contributed by atoms with E-state index in [1.165, 1.54) is 0 Å². The van der Waals surface area contributed by atoms with E-state index in [1.54, 1.807) is 49.6 Å². The minimum absolute atomic E-state index is 0.236. The van der Waals surface area contributed by atoms with E-state index in [2.05, 4.69) is 26.6 Å². The topological polar surface area (TPSA) is 76.7 Å². The van der Waals surface area contributed by atoms with Crippen molar-refractivity contribution in [3.05, 3.63) is 94.0 Å². The summed E-state index contributed by atoms with van der Waals surface area (Å²) < 4.78 is 11.2. The number of anilines is 1. The summed E-state index contributed by atoms with van der Waals surface area (Å²) in [5, 5.41) is 5.75. The summed E-state index contributed by atoms with van der Waals surface area (Å²) in [6.07, 6.45) is 0.730. The Morgan fingerprint density at radius 2 is 1.66 bits per heavy atom. The highest BCUT2D eigenvalue weighted by molar-refractivity contribution is 9.10. The van der Waals surface area contributed by atoms with Gasteiger partial charge in [-0.05, 0) is 58.2 Å². The first-order chi connectivity index (χ1) is 15.6. The third kappa shape index (κ3) is 6.67. The van der Waals surface area contributed by atoms with Crippen LogP contribution in [0, 0.1) is 0 Å². The van der Waals surface area contributed by atoms with E-state index in [1.807, 2.05) is 30.3 Å². The van der Waals surface area contributed by atoms with E-state index in [9.17, 15) is 9.59 Å². The van der Waals surface area contributed by atoms with Gasteiger partial charge in [0.25, 0.3) is 11.8 Å². The molecule has 2 N–H and O–H groups in total. The fourth-order valence-corrected chi connectivity index (χ4v) is 3.53. The molecule has 32 heavy (non-hydrogen) atoms. The van der Waals surface area contributed by atoms with Crippen molar-refractivity contribution in [2.45, 2.75) is 6.42 Å². The van der Waals surface area contributed by atoms with Crippen LogP contribution in [0.4, 0.5) is 5.69 Å². The molecular weight excluding hydrogens is 472 g/mol. The number of ether oxygens (including phenoxy) is 2. The summed E-state index contributed by atoms with van der Waals surface area (Å²) in [6.45, 7) is 1.38. The molecule has 0 aliphatic carbocycles. The van der Waals surface area contributed by atoms with Gasteiger partial charge in [0.1, 0.15) is 12.4 Å². The zero-order chi connectivity index (χ0) is 22.8. The number of rotatable bonds is 10. The highest BCUT2D eigenvalue weighted by Gasteiger charge is 2.15. The van der Waals surface area contributed by atoms with Crippen LogP contribution < -0.4 is 15.4 Å². The molecule has 6 nitrogen and oxygen atoms in total. The van der Waals surface area contributed by atoms with Crippen molar-refractivity contribution in [2.75, 3.05) is 32.2 Å². The molecule has 0 aromatic heterocycles. The number of carbonyl (C=O) groups is 2. The second-order valence-corrected chi connectivity index (χ2v) is 7.83. The Kier molecular flexibility index (Phi) is 8.83. The normalized spacial score (nSPS) is 10.4. The molecule has 0 heterocycles. The first-order valence-corrected chi connectivity index (χ1v) is 11.0. The molecule has 166 valence electrons. The lowest BCUT2D eigenvalue weighted by Gasteiger charge is -2.13. The lowest BCUT2D eigenvalue weighted by Crippen LogP contribution is -2.27. The molecule has 0 saturated carbocycles. The van der Waals surface area contributed by atoms with Crippen LogP contribution in [0.25, 0.3) is 0 Å². The second-order valence-electron chi connectivity index (χ2n) is 6.98. The highest BCUT2D eigenvalue weighted by Crippen LogP contribution is 2.26. The van der Waals surface area contributed by atoms with Crippen LogP contribution in [0.5, 0.6) is 5.75 Å². The molecule has 0 fully saturated rings. The second kappa shape index (κ2) is 12.0. The molecule has 0 unspecified atom stereocenters. The van der Waals surface area contributed by atoms with Crippen molar-refractivity contribution in [1.82, 2.24) is 5.32 Å². The van der Waals surface area contributed by atoms with Gasteiger partial charge in [-0.2, -0.15) is 0 Å². The number of benzene rings is 3. The Hall–Kier alpha value is -3.16. The van der Waals surface area contributed by atoms with E-state index < -0.39 is 0 Å². The van der Waals surface area contributed by atoms with Crippen molar-refractivity contribution in [1.29, 1.82) is 0 Å². The molecule has 0 radical (unpaired) electrons. The van der Waals surface area contributed by atoms with Gasteiger partial charge in [-0.15, -0.1) is 0 Å². The zero-order valence-corrected chi connectivity index (χ0v) is 19.4. The number of para-hydroxylation sites is 1. The van der Waals surface area contributed by atoms with Crippen molar-refractivity contribution in [3.8, 4) is 5.75 Å². The van der Waals surface area contributed by atoms with Crippen LogP contribution in [0.3, 0.4) is 0 Å². The van der Waals surface area contributed by atoms with Gasteiger partial charge in [-0.25, -0.2) is 0 Å². The maximum atomic E-state index is 12.8. The molecule has 3 aromatic carbocycles. The average molecular weight is 497 g/mol. The van der Waals surface area contributed by atoms with Crippen molar-refractivity contribution < 1.29 is 19.1 Å². The van der Waals surface area contributed by atoms with Crippen LogP contribution in [0.15, 0.2) is 77.3 Å². The first-order valence-electron chi connectivity index (χ1n) is 10.2. The summed E-state index contributed by atoms with van der Waals surface area (Å²) in [7, 11) is 1.60. The minimum Gasteiger partial charge on any atom is -0.490 e. The quantitative estimate of drug-likeness (QED) is 0.399. The van der Waals surface area contributed by atoms with Crippen LogP contribution in [-0.2, 0) is 11.2 Å². The van der Waals surface area contributed by atoms with Crippen molar-refractivity contribution in [2.24, 2.45) is 0 Å². The van der Waals surface area contributed by atoms with Crippen molar-refractivity contribution in [3.63, 3.8) is 0 Å². The van der Waals surface area contributed by atoms with E-state index in [-0.39, 0.29) is 11.8 Å². The fourth-order valence-electron chi connectivity index (χ4n) is 3.04. The number of halogens is 1. The maximum absolute atomic E-state index is 12.8. The molecule has 3 rings (SSSR count). The molecule has 0 saturated heterocycles. The summed E-state index contributed by atoms with van der Waals surface area (Å²) in [6, 6.07) is 22.0. The molecule has 7 heteroatoms. The largest absolute Gasteiger partial charge is 0.490 e. The lowest BCUT2D eigenvalue weighted by molar-refractivity contribution is 0.0955. The SMILES string of the molecule is COCCOc1ccc(C(=O)Nc2ccccc2C(=O)NCCc2ccccc2)cc1Br. The van der Waals surface area contributed by atoms with Crippen LogP contribution >= 0.6 is 15.9 Å². The van der Waals surface area contributed by atoms with Gasteiger partial charge in [0.05, 0.1) is 22.3 Å². The van der Waals surface area contributed by atoms with E-state index in [0.29, 0.717) is 46.8 Å². The number of nitrogens with one attached hydrogen (secondary N) is 2. The smallest absolute Gasteiger partial charge is 0.255 e. The van der Waals surface area contributed by atoms with Gasteiger partial charge in [0.15, 0.2) is 0 Å². The predicted molar refractivity (Wildman–Crippen MR) is 128 cm³/mol. The Labute approximate surface area is 196 Å². The minimum atomic E-state index is -0.321. The summed E-state index contributed by atoms with van der Waals surface area (Å²) in [5.74, 6) is 0.0652. The fraction of sp³-hybridized carbons (Fsp3) is 0.200. The molecule has 0 aliphatic heterocycles. The van der Waals surface area contributed by atoms with E-state index in [4.69, 9.17) is 9.47 Å². The van der Waals surface area contributed by atoms with Gasteiger partial charge in [-0.3, -0.25) is 9.59 Å². The van der Waals surface area contributed by atoms with Crippen LogP contribution in [0.2, 0.25) is 0 Å². The highest BCUT2D eigenvalue weighted by atomic mass is 79.9. The van der Waals surface area contributed by atoms with Gasteiger partial charge in [0, 0.05) is 19.2 Å². The first kappa shape index (κ1) is 23.5. The number of hydrogen-bond acceptors (Lipinski definition) is 4. The van der Waals surface area contributed by atoms with Crippen molar-refractivity contribution >= 4 is 33.4 Å². The third-order valence-corrected chi connectivity index (χ3v) is 5.32. The van der Waals surface area contributed by atoms with Gasteiger partial charge in [0.2, 0.25) is 0 Å². The number of hydrogen-bond donors (Lipinski definition) is 2. The molecule has 3 aromatic rings. The lowest BCUT2D eigenvalue weighted by atomic mass is 10.1.